The van der Waals surface area contributed by atoms with Crippen LogP contribution < -0.4 is 0 Å². The van der Waals surface area contributed by atoms with Crippen LogP contribution in [0.4, 0.5) is 0 Å². The average molecular weight is 284 g/mol. The maximum atomic E-state index is 9.35. The lowest BCUT2D eigenvalue weighted by atomic mass is 9.73. The molecule has 0 amide bonds. The minimum Gasteiger partial charge on any atom is -0.198 e. The van der Waals surface area contributed by atoms with Gasteiger partial charge in [-0.15, -0.1) is 11.3 Å². The first-order valence-corrected chi connectivity index (χ1v) is 7.06. The Balaban J connectivity index is 2.11. The summed E-state index contributed by atoms with van der Waals surface area (Å²) in [5.74, 6) is 0. The zero-order chi connectivity index (χ0) is 10.7. The summed E-state index contributed by atoms with van der Waals surface area (Å²) in [7, 11) is 0. The van der Waals surface area contributed by atoms with E-state index in [0.29, 0.717) is 0 Å². The smallest absolute Gasteiger partial charge is 0.0693 e. The Morgan fingerprint density at radius 3 is 2.67 bits per heavy atom. The fourth-order valence-corrected chi connectivity index (χ4v) is 3.93. The van der Waals surface area contributed by atoms with Gasteiger partial charge in [-0.05, 0) is 34.8 Å². The first kappa shape index (κ1) is 11.2. The standard InChI is InChI=1S/C12H14BrNS/c13-10-6-11(15-8-10)7-12(9-14)4-2-1-3-5-12/h6,8H,1-5,7H2. The van der Waals surface area contributed by atoms with Crippen molar-refractivity contribution in [2.75, 3.05) is 0 Å². The molecule has 15 heavy (non-hydrogen) atoms. The van der Waals surface area contributed by atoms with Crippen molar-refractivity contribution < 1.29 is 0 Å². The molecule has 0 saturated heterocycles. The Morgan fingerprint density at radius 1 is 1.40 bits per heavy atom. The highest BCUT2D eigenvalue weighted by molar-refractivity contribution is 9.10. The molecular formula is C12H14BrNS. The van der Waals surface area contributed by atoms with E-state index in [0.717, 1.165) is 23.7 Å². The van der Waals surface area contributed by atoms with Crippen molar-refractivity contribution in [3.63, 3.8) is 0 Å². The zero-order valence-corrected chi connectivity index (χ0v) is 11.0. The number of halogens is 1. The lowest BCUT2D eigenvalue weighted by Crippen LogP contribution is -2.24. The molecule has 80 valence electrons. The predicted octanol–water partition coefficient (Wildman–Crippen LogP) is 4.53. The maximum absolute atomic E-state index is 9.35. The number of nitrogens with zero attached hydrogens (tertiary/aromatic N) is 1. The van der Waals surface area contributed by atoms with Crippen LogP contribution >= 0.6 is 27.3 Å². The SMILES string of the molecule is N#CC1(Cc2cc(Br)cs2)CCCCC1. The Hall–Kier alpha value is -0.330. The minimum absolute atomic E-state index is 0.0669. The lowest BCUT2D eigenvalue weighted by molar-refractivity contribution is 0.267. The Kier molecular flexibility index (Phi) is 3.48. The van der Waals surface area contributed by atoms with E-state index in [9.17, 15) is 5.26 Å². The van der Waals surface area contributed by atoms with Crippen LogP contribution in [0.1, 0.15) is 37.0 Å². The molecule has 1 saturated carbocycles. The van der Waals surface area contributed by atoms with Crippen LogP contribution in [0.3, 0.4) is 0 Å². The van der Waals surface area contributed by atoms with E-state index in [2.05, 4.69) is 33.4 Å². The average Bonchev–Trinajstić information content (AvgIpc) is 2.65. The van der Waals surface area contributed by atoms with Gasteiger partial charge < -0.3 is 0 Å². The van der Waals surface area contributed by atoms with Gasteiger partial charge in [0, 0.05) is 21.2 Å². The van der Waals surface area contributed by atoms with Crippen LogP contribution in [-0.4, -0.2) is 0 Å². The molecule has 2 rings (SSSR count). The molecule has 0 bridgehead atoms. The van der Waals surface area contributed by atoms with Gasteiger partial charge in [-0.25, -0.2) is 0 Å². The molecule has 0 radical (unpaired) electrons. The molecule has 1 aromatic rings. The first-order valence-electron chi connectivity index (χ1n) is 5.38. The van der Waals surface area contributed by atoms with Crippen LogP contribution in [0.25, 0.3) is 0 Å². The van der Waals surface area contributed by atoms with Crippen LogP contribution in [0.5, 0.6) is 0 Å². The minimum atomic E-state index is -0.0669. The molecular weight excluding hydrogens is 270 g/mol. The van der Waals surface area contributed by atoms with Crippen molar-refractivity contribution in [2.24, 2.45) is 5.41 Å². The quantitative estimate of drug-likeness (QED) is 0.783. The van der Waals surface area contributed by atoms with Gasteiger partial charge in [-0.2, -0.15) is 5.26 Å². The van der Waals surface area contributed by atoms with Gasteiger partial charge in [0.15, 0.2) is 0 Å². The molecule has 1 aliphatic carbocycles. The number of hydrogen-bond acceptors (Lipinski definition) is 2. The van der Waals surface area contributed by atoms with E-state index in [1.807, 2.05) is 0 Å². The number of rotatable bonds is 2. The topological polar surface area (TPSA) is 23.8 Å². The summed E-state index contributed by atoms with van der Waals surface area (Å²) in [4.78, 5) is 1.34. The monoisotopic (exact) mass is 283 g/mol. The van der Waals surface area contributed by atoms with Crippen molar-refractivity contribution in [2.45, 2.75) is 38.5 Å². The Bertz CT molecular complexity index is 371. The second kappa shape index (κ2) is 4.67. The normalized spacial score (nSPS) is 19.7. The van der Waals surface area contributed by atoms with Crippen LogP contribution in [0.2, 0.25) is 0 Å². The van der Waals surface area contributed by atoms with E-state index in [1.165, 1.54) is 24.1 Å². The fraction of sp³-hybridized carbons (Fsp3) is 0.583. The van der Waals surface area contributed by atoms with Gasteiger partial charge in [0.05, 0.1) is 11.5 Å². The van der Waals surface area contributed by atoms with Gasteiger partial charge in [-0.3, -0.25) is 0 Å². The number of hydrogen-bond donors (Lipinski definition) is 0. The molecule has 1 aliphatic rings. The molecule has 1 fully saturated rings. The van der Waals surface area contributed by atoms with Crippen molar-refractivity contribution in [3.8, 4) is 6.07 Å². The largest absolute Gasteiger partial charge is 0.198 e. The van der Waals surface area contributed by atoms with E-state index in [-0.39, 0.29) is 5.41 Å². The van der Waals surface area contributed by atoms with Crippen molar-refractivity contribution in [3.05, 3.63) is 20.8 Å². The van der Waals surface area contributed by atoms with E-state index < -0.39 is 0 Å². The third kappa shape index (κ3) is 2.62. The molecule has 1 aromatic heterocycles. The van der Waals surface area contributed by atoms with E-state index >= 15 is 0 Å². The summed E-state index contributed by atoms with van der Waals surface area (Å²) < 4.78 is 1.14. The molecule has 0 aromatic carbocycles. The summed E-state index contributed by atoms with van der Waals surface area (Å²) in [6.07, 6.45) is 6.86. The number of thiophene rings is 1. The van der Waals surface area contributed by atoms with Crippen molar-refractivity contribution in [1.29, 1.82) is 5.26 Å². The third-order valence-electron chi connectivity index (χ3n) is 3.18. The van der Waals surface area contributed by atoms with E-state index in [1.54, 1.807) is 11.3 Å². The number of nitriles is 1. The van der Waals surface area contributed by atoms with Crippen LogP contribution in [0.15, 0.2) is 15.9 Å². The summed E-state index contributed by atoms with van der Waals surface area (Å²) in [5, 5.41) is 11.5. The molecule has 1 heterocycles. The van der Waals surface area contributed by atoms with Gasteiger partial charge in [0.25, 0.3) is 0 Å². The molecule has 1 nitrogen and oxygen atoms in total. The highest BCUT2D eigenvalue weighted by Gasteiger charge is 2.32. The summed E-state index contributed by atoms with van der Waals surface area (Å²) in [5.41, 5.74) is -0.0669. The second-order valence-corrected chi connectivity index (χ2v) is 6.27. The lowest BCUT2D eigenvalue weighted by Gasteiger charge is -2.30. The summed E-state index contributed by atoms with van der Waals surface area (Å²) in [6, 6.07) is 4.72. The highest BCUT2D eigenvalue weighted by Crippen LogP contribution is 2.40. The first-order chi connectivity index (χ1) is 7.24. The zero-order valence-electron chi connectivity index (χ0n) is 8.63. The fourth-order valence-electron chi connectivity index (χ4n) is 2.34. The summed E-state index contributed by atoms with van der Waals surface area (Å²) in [6.45, 7) is 0. The molecule has 0 aliphatic heterocycles. The van der Waals surface area contributed by atoms with Gasteiger partial charge in [0.2, 0.25) is 0 Å². The third-order valence-corrected chi connectivity index (χ3v) is 4.88. The maximum Gasteiger partial charge on any atom is 0.0693 e. The molecule has 0 spiro atoms. The van der Waals surface area contributed by atoms with Gasteiger partial charge in [-0.1, -0.05) is 19.3 Å². The molecule has 0 unspecified atom stereocenters. The Morgan fingerprint density at radius 2 is 2.13 bits per heavy atom. The van der Waals surface area contributed by atoms with Crippen LogP contribution in [-0.2, 0) is 6.42 Å². The second-order valence-electron chi connectivity index (χ2n) is 4.36. The molecule has 0 atom stereocenters. The van der Waals surface area contributed by atoms with Gasteiger partial charge in [0.1, 0.15) is 0 Å². The highest BCUT2D eigenvalue weighted by atomic mass is 79.9. The van der Waals surface area contributed by atoms with Gasteiger partial charge >= 0.3 is 0 Å². The van der Waals surface area contributed by atoms with Crippen molar-refractivity contribution >= 4 is 27.3 Å². The Labute approximate surface area is 103 Å². The predicted molar refractivity (Wildman–Crippen MR) is 66.9 cm³/mol. The molecule has 3 heteroatoms. The van der Waals surface area contributed by atoms with Crippen LogP contribution in [0, 0.1) is 16.7 Å². The van der Waals surface area contributed by atoms with E-state index in [4.69, 9.17) is 0 Å². The summed E-state index contributed by atoms with van der Waals surface area (Å²) >= 11 is 5.22. The molecule has 0 N–H and O–H groups in total. The van der Waals surface area contributed by atoms with Crippen molar-refractivity contribution in [1.82, 2.24) is 0 Å².